The van der Waals surface area contributed by atoms with Crippen molar-refractivity contribution in [3.8, 4) is 0 Å². The first-order valence-electron chi connectivity index (χ1n) is 9.88. The molecule has 8 heteroatoms. The van der Waals surface area contributed by atoms with Crippen molar-refractivity contribution < 1.29 is 23.9 Å². The highest BCUT2D eigenvalue weighted by Gasteiger charge is 2.49. The number of rotatable bonds is 6. The second kappa shape index (κ2) is 8.59. The Balaban J connectivity index is 1.62. The van der Waals surface area contributed by atoms with Crippen LogP contribution in [-0.4, -0.2) is 41.4 Å². The van der Waals surface area contributed by atoms with Crippen molar-refractivity contribution in [2.24, 2.45) is 0 Å². The lowest BCUT2D eigenvalue weighted by molar-refractivity contribution is -0.155. The zero-order valence-corrected chi connectivity index (χ0v) is 17.9. The zero-order chi connectivity index (χ0) is 22.8. The van der Waals surface area contributed by atoms with Crippen LogP contribution in [0.3, 0.4) is 0 Å². The lowest BCUT2D eigenvalue weighted by Gasteiger charge is -2.22. The summed E-state index contributed by atoms with van der Waals surface area (Å²) < 4.78 is 5.14. The van der Waals surface area contributed by atoms with Crippen LogP contribution >= 0.6 is 0 Å². The van der Waals surface area contributed by atoms with E-state index in [2.05, 4.69) is 10.6 Å². The SMILES string of the molecule is Cc1ccc([C@]2(C)NC(=O)N(CC(=O)O[C@@H](C)C(=O)Nc3cccc(C)c3)C2=O)cc1. The van der Waals surface area contributed by atoms with Gasteiger partial charge in [-0.1, -0.05) is 42.0 Å². The molecule has 0 bridgehead atoms. The zero-order valence-electron chi connectivity index (χ0n) is 17.9. The number of ether oxygens (including phenoxy) is 1. The molecule has 1 saturated heterocycles. The monoisotopic (exact) mass is 423 g/mol. The highest BCUT2D eigenvalue weighted by Crippen LogP contribution is 2.29. The van der Waals surface area contributed by atoms with Crippen molar-refractivity contribution in [3.63, 3.8) is 0 Å². The van der Waals surface area contributed by atoms with E-state index >= 15 is 0 Å². The van der Waals surface area contributed by atoms with Crippen LogP contribution in [0.2, 0.25) is 0 Å². The molecule has 0 radical (unpaired) electrons. The van der Waals surface area contributed by atoms with Gasteiger partial charge in [-0.15, -0.1) is 0 Å². The molecule has 0 aromatic heterocycles. The third-order valence-corrected chi connectivity index (χ3v) is 5.15. The number of hydrogen-bond acceptors (Lipinski definition) is 5. The molecule has 3 rings (SSSR count). The lowest BCUT2D eigenvalue weighted by atomic mass is 9.91. The first-order valence-corrected chi connectivity index (χ1v) is 9.88. The maximum atomic E-state index is 12.9. The summed E-state index contributed by atoms with van der Waals surface area (Å²) in [4.78, 5) is 50.7. The number of aryl methyl sites for hydroxylation is 2. The van der Waals surface area contributed by atoms with E-state index in [4.69, 9.17) is 4.74 Å². The maximum Gasteiger partial charge on any atom is 0.327 e. The smallest absolute Gasteiger partial charge is 0.327 e. The lowest BCUT2D eigenvalue weighted by Crippen LogP contribution is -2.42. The van der Waals surface area contributed by atoms with E-state index < -0.39 is 42.0 Å². The second-order valence-electron chi connectivity index (χ2n) is 7.80. The number of nitrogens with zero attached hydrogens (tertiary/aromatic N) is 1. The van der Waals surface area contributed by atoms with Gasteiger partial charge in [0.15, 0.2) is 6.10 Å². The molecule has 162 valence electrons. The van der Waals surface area contributed by atoms with Gasteiger partial charge < -0.3 is 15.4 Å². The van der Waals surface area contributed by atoms with Crippen molar-refractivity contribution in [2.75, 3.05) is 11.9 Å². The second-order valence-corrected chi connectivity index (χ2v) is 7.80. The van der Waals surface area contributed by atoms with Crippen LogP contribution in [0.15, 0.2) is 48.5 Å². The van der Waals surface area contributed by atoms with Crippen molar-refractivity contribution in [1.82, 2.24) is 10.2 Å². The third-order valence-electron chi connectivity index (χ3n) is 5.15. The van der Waals surface area contributed by atoms with Crippen LogP contribution in [-0.2, 0) is 24.7 Å². The number of esters is 1. The quantitative estimate of drug-likeness (QED) is 0.549. The molecule has 2 atom stereocenters. The third kappa shape index (κ3) is 4.74. The number of nitrogens with one attached hydrogen (secondary N) is 2. The normalized spacial score (nSPS) is 19.0. The van der Waals surface area contributed by atoms with E-state index in [1.807, 2.05) is 32.0 Å². The first-order chi connectivity index (χ1) is 14.6. The van der Waals surface area contributed by atoms with Gasteiger partial charge in [-0.2, -0.15) is 0 Å². The standard InChI is InChI=1S/C23H25N3O5/c1-14-8-10-17(11-9-14)23(4)21(29)26(22(30)25-23)13-19(27)31-16(3)20(28)24-18-7-5-6-15(2)12-18/h5-12,16H,13H2,1-4H3,(H,24,28)(H,25,30)/t16-,23-/m0/s1. The Bertz CT molecular complexity index is 1030. The van der Waals surface area contributed by atoms with E-state index in [1.54, 1.807) is 37.3 Å². The molecular formula is C23H25N3O5. The minimum absolute atomic E-state index is 0.513. The summed E-state index contributed by atoms with van der Waals surface area (Å²) in [5.41, 5.74) is 1.90. The molecule has 1 fully saturated rings. The van der Waals surface area contributed by atoms with Crippen LogP contribution in [0.4, 0.5) is 10.5 Å². The van der Waals surface area contributed by atoms with Crippen LogP contribution < -0.4 is 10.6 Å². The van der Waals surface area contributed by atoms with E-state index in [0.717, 1.165) is 16.0 Å². The van der Waals surface area contributed by atoms with E-state index in [-0.39, 0.29) is 0 Å². The predicted molar refractivity (Wildman–Crippen MR) is 114 cm³/mol. The fourth-order valence-electron chi connectivity index (χ4n) is 3.31. The fourth-order valence-corrected chi connectivity index (χ4v) is 3.31. The molecule has 0 unspecified atom stereocenters. The Morgan fingerprint density at radius 2 is 1.77 bits per heavy atom. The number of hydrogen-bond donors (Lipinski definition) is 2. The molecule has 0 spiro atoms. The Labute approximate surface area is 180 Å². The first kappa shape index (κ1) is 22.0. The Hall–Kier alpha value is -3.68. The molecule has 0 aliphatic carbocycles. The Morgan fingerprint density at radius 1 is 1.10 bits per heavy atom. The van der Waals surface area contributed by atoms with Gasteiger partial charge in [0.25, 0.3) is 11.8 Å². The number of urea groups is 1. The van der Waals surface area contributed by atoms with E-state index in [0.29, 0.717) is 11.3 Å². The number of benzene rings is 2. The minimum atomic E-state index is -1.28. The van der Waals surface area contributed by atoms with Crippen molar-refractivity contribution in [2.45, 2.75) is 39.3 Å². The van der Waals surface area contributed by atoms with Gasteiger partial charge in [-0.3, -0.25) is 19.3 Å². The molecule has 1 heterocycles. The van der Waals surface area contributed by atoms with Gasteiger partial charge in [0, 0.05) is 5.69 Å². The van der Waals surface area contributed by atoms with Gasteiger partial charge in [-0.05, 0) is 51.0 Å². The molecule has 8 nitrogen and oxygen atoms in total. The minimum Gasteiger partial charge on any atom is -0.451 e. The number of anilines is 1. The van der Waals surface area contributed by atoms with E-state index in [1.165, 1.54) is 6.92 Å². The van der Waals surface area contributed by atoms with Gasteiger partial charge in [0.2, 0.25) is 0 Å². The molecule has 2 N–H and O–H groups in total. The van der Waals surface area contributed by atoms with E-state index in [9.17, 15) is 19.2 Å². The van der Waals surface area contributed by atoms with Gasteiger partial charge in [0.05, 0.1) is 0 Å². The highest BCUT2D eigenvalue weighted by atomic mass is 16.5. The average molecular weight is 423 g/mol. The largest absolute Gasteiger partial charge is 0.451 e. The summed E-state index contributed by atoms with van der Waals surface area (Å²) in [6.45, 7) is 6.22. The van der Waals surface area contributed by atoms with Crippen molar-refractivity contribution in [1.29, 1.82) is 0 Å². The van der Waals surface area contributed by atoms with Crippen molar-refractivity contribution in [3.05, 3.63) is 65.2 Å². The molecular weight excluding hydrogens is 398 g/mol. The van der Waals surface area contributed by atoms with Crippen LogP contribution in [0.5, 0.6) is 0 Å². The molecule has 31 heavy (non-hydrogen) atoms. The molecule has 0 saturated carbocycles. The number of amides is 4. The number of carbonyl (C=O) groups excluding carboxylic acids is 4. The van der Waals surface area contributed by atoms with Crippen LogP contribution in [0.1, 0.15) is 30.5 Å². The molecule has 4 amide bonds. The van der Waals surface area contributed by atoms with Gasteiger partial charge in [-0.25, -0.2) is 4.79 Å². The fraction of sp³-hybridized carbons (Fsp3) is 0.304. The molecule has 2 aromatic rings. The molecule has 1 aliphatic heterocycles. The Kier molecular flexibility index (Phi) is 6.10. The summed E-state index contributed by atoms with van der Waals surface area (Å²) in [7, 11) is 0. The van der Waals surface area contributed by atoms with Crippen LogP contribution in [0, 0.1) is 13.8 Å². The number of imide groups is 1. The molecule has 1 aliphatic rings. The number of carbonyl (C=O) groups is 4. The maximum absolute atomic E-state index is 12.9. The summed E-state index contributed by atoms with van der Waals surface area (Å²) in [5.74, 6) is -1.93. The summed E-state index contributed by atoms with van der Waals surface area (Å²) >= 11 is 0. The summed E-state index contributed by atoms with van der Waals surface area (Å²) in [5, 5.41) is 5.30. The topological polar surface area (TPSA) is 105 Å². The highest BCUT2D eigenvalue weighted by molar-refractivity contribution is 6.09. The summed E-state index contributed by atoms with van der Waals surface area (Å²) in [6.07, 6.45) is -1.10. The van der Waals surface area contributed by atoms with Crippen LogP contribution in [0.25, 0.3) is 0 Å². The molecule has 2 aromatic carbocycles. The van der Waals surface area contributed by atoms with Crippen molar-refractivity contribution >= 4 is 29.5 Å². The Morgan fingerprint density at radius 3 is 2.42 bits per heavy atom. The predicted octanol–water partition coefficient (Wildman–Crippen LogP) is 2.64. The van der Waals surface area contributed by atoms with Gasteiger partial charge in [0.1, 0.15) is 12.1 Å². The summed E-state index contributed by atoms with van der Waals surface area (Å²) in [6, 6.07) is 13.7. The average Bonchev–Trinajstić information content (AvgIpc) is 2.92. The van der Waals surface area contributed by atoms with Gasteiger partial charge >= 0.3 is 12.0 Å².